The molecule has 2 aromatic rings. The Bertz CT molecular complexity index is 691. The second-order valence-corrected chi connectivity index (χ2v) is 4.81. The molecule has 0 spiro atoms. The number of aromatic nitrogens is 1. The quantitative estimate of drug-likeness (QED) is 0.761. The first kappa shape index (κ1) is 15.8. The van der Waals surface area contributed by atoms with E-state index in [4.69, 9.17) is 16.7 Å². The number of rotatable bonds is 6. The van der Waals surface area contributed by atoms with E-state index in [0.717, 1.165) is 0 Å². The van der Waals surface area contributed by atoms with Crippen molar-refractivity contribution in [2.24, 2.45) is 0 Å². The fourth-order valence-corrected chi connectivity index (χ4v) is 1.99. The largest absolute Gasteiger partial charge is 0.481 e. The summed E-state index contributed by atoms with van der Waals surface area (Å²) in [6, 6.07) is 10.0. The molecule has 0 aliphatic rings. The van der Waals surface area contributed by atoms with Gasteiger partial charge in [-0.25, -0.2) is 4.98 Å². The first-order chi connectivity index (χ1) is 10.6. The van der Waals surface area contributed by atoms with Crippen LogP contribution in [-0.2, 0) is 4.79 Å². The number of carboxylic acids is 1. The van der Waals surface area contributed by atoms with E-state index in [1.807, 2.05) is 0 Å². The lowest BCUT2D eigenvalue weighted by Crippen LogP contribution is -2.16. The highest BCUT2D eigenvalue weighted by atomic mass is 35.5. The minimum absolute atomic E-state index is 0.0471. The Labute approximate surface area is 132 Å². The number of pyridine rings is 1. The van der Waals surface area contributed by atoms with E-state index < -0.39 is 5.97 Å². The van der Waals surface area contributed by atoms with Gasteiger partial charge in [-0.2, -0.15) is 0 Å². The van der Waals surface area contributed by atoms with Gasteiger partial charge in [0.25, 0.3) is 5.91 Å². The van der Waals surface area contributed by atoms with E-state index in [2.05, 4.69) is 15.6 Å². The highest BCUT2D eigenvalue weighted by molar-refractivity contribution is 6.34. The van der Waals surface area contributed by atoms with Crippen LogP contribution in [-0.4, -0.2) is 28.5 Å². The number of benzene rings is 1. The molecule has 0 unspecified atom stereocenters. The Kier molecular flexibility index (Phi) is 5.32. The number of aliphatic carboxylic acids is 1. The molecule has 114 valence electrons. The Balaban J connectivity index is 2.11. The standard InChI is InChI=1S/C15H14ClN3O3/c16-11-5-2-1-4-10(11)15(22)19-12-6-3-8-17-14(12)18-9-7-13(20)21/h1-6,8H,7,9H2,(H,17,18)(H,19,22)(H,20,21). The van der Waals surface area contributed by atoms with E-state index in [0.29, 0.717) is 22.1 Å². The number of nitrogens with zero attached hydrogens (tertiary/aromatic N) is 1. The maximum Gasteiger partial charge on any atom is 0.305 e. The van der Waals surface area contributed by atoms with E-state index in [1.54, 1.807) is 42.6 Å². The van der Waals surface area contributed by atoms with Crippen LogP contribution < -0.4 is 10.6 Å². The third-order valence-electron chi connectivity index (χ3n) is 2.81. The molecule has 0 aliphatic heterocycles. The number of nitrogens with one attached hydrogen (secondary N) is 2. The van der Waals surface area contributed by atoms with Gasteiger partial charge in [0.15, 0.2) is 0 Å². The second kappa shape index (κ2) is 7.42. The van der Waals surface area contributed by atoms with Gasteiger partial charge in [-0.3, -0.25) is 9.59 Å². The van der Waals surface area contributed by atoms with Crippen LogP contribution in [0, 0.1) is 0 Å². The van der Waals surface area contributed by atoms with Crippen LogP contribution in [0.2, 0.25) is 5.02 Å². The molecule has 1 aromatic carbocycles. The van der Waals surface area contributed by atoms with E-state index >= 15 is 0 Å². The van der Waals surface area contributed by atoms with E-state index in [-0.39, 0.29) is 18.9 Å². The lowest BCUT2D eigenvalue weighted by molar-refractivity contribution is -0.136. The topological polar surface area (TPSA) is 91.3 Å². The molecule has 0 fully saturated rings. The van der Waals surface area contributed by atoms with Crippen LogP contribution in [0.25, 0.3) is 0 Å². The monoisotopic (exact) mass is 319 g/mol. The van der Waals surface area contributed by atoms with Crippen LogP contribution in [0.5, 0.6) is 0 Å². The molecule has 3 N–H and O–H groups in total. The van der Waals surface area contributed by atoms with E-state index in [9.17, 15) is 9.59 Å². The summed E-state index contributed by atoms with van der Waals surface area (Å²) < 4.78 is 0. The van der Waals surface area contributed by atoms with Crippen molar-refractivity contribution in [3.63, 3.8) is 0 Å². The van der Waals surface area contributed by atoms with Gasteiger partial charge in [-0.15, -0.1) is 0 Å². The normalized spacial score (nSPS) is 10.0. The maximum atomic E-state index is 12.2. The smallest absolute Gasteiger partial charge is 0.305 e. The van der Waals surface area contributed by atoms with Crippen molar-refractivity contribution in [3.8, 4) is 0 Å². The molecule has 22 heavy (non-hydrogen) atoms. The number of carbonyl (C=O) groups excluding carboxylic acids is 1. The number of amides is 1. The van der Waals surface area contributed by atoms with Gasteiger partial charge >= 0.3 is 5.97 Å². The van der Waals surface area contributed by atoms with Crippen molar-refractivity contribution < 1.29 is 14.7 Å². The number of hydrogen-bond donors (Lipinski definition) is 3. The van der Waals surface area contributed by atoms with Gasteiger partial charge < -0.3 is 15.7 Å². The summed E-state index contributed by atoms with van der Waals surface area (Å²) in [5.74, 6) is -0.867. The molecule has 1 heterocycles. The van der Waals surface area contributed by atoms with Crippen molar-refractivity contribution in [1.29, 1.82) is 0 Å². The van der Waals surface area contributed by atoms with Crippen molar-refractivity contribution in [2.75, 3.05) is 17.2 Å². The first-order valence-corrected chi connectivity index (χ1v) is 6.92. The molecule has 6 nitrogen and oxygen atoms in total. The third kappa shape index (κ3) is 4.20. The summed E-state index contributed by atoms with van der Waals surface area (Å²) >= 11 is 5.99. The molecule has 7 heteroatoms. The second-order valence-electron chi connectivity index (χ2n) is 4.40. The van der Waals surface area contributed by atoms with Crippen molar-refractivity contribution >= 4 is 35.0 Å². The van der Waals surface area contributed by atoms with Gasteiger partial charge in [0.2, 0.25) is 0 Å². The molecule has 1 aromatic heterocycles. The van der Waals surface area contributed by atoms with Gasteiger partial charge in [0.1, 0.15) is 5.82 Å². The highest BCUT2D eigenvalue weighted by Gasteiger charge is 2.12. The molecular formula is C15H14ClN3O3. The predicted octanol–water partition coefficient (Wildman–Crippen LogP) is 2.87. The van der Waals surface area contributed by atoms with Crippen molar-refractivity contribution in [2.45, 2.75) is 6.42 Å². The molecule has 0 aliphatic carbocycles. The van der Waals surface area contributed by atoms with Gasteiger partial charge in [0.05, 0.1) is 22.7 Å². The van der Waals surface area contributed by atoms with Crippen LogP contribution in [0.1, 0.15) is 16.8 Å². The Morgan fingerprint density at radius 1 is 1.18 bits per heavy atom. The molecule has 0 radical (unpaired) electrons. The third-order valence-corrected chi connectivity index (χ3v) is 3.14. The van der Waals surface area contributed by atoms with Crippen LogP contribution in [0.3, 0.4) is 0 Å². The number of anilines is 2. The minimum Gasteiger partial charge on any atom is -0.481 e. The zero-order valence-electron chi connectivity index (χ0n) is 11.5. The molecule has 2 rings (SSSR count). The van der Waals surface area contributed by atoms with Crippen molar-refractivity contribution in [1.82, 2.24) is 4.98 Å². The Morgan fingerprint density at radius 2 is 1.95 bits per heavy atom. The van der Waals surface area contributed by atoms with Gasteiger partial charge in [-0.05, 0) is 24.3 Å². The van der Waals surface area contributed by atoms with Crippen LogP contribution >= 0.6 is 11.6 Å². The fourth-order valence-electron chi connectivity index (χ4n) is 1.77. The summed E-state index contributed by atoms with van der Waals surface area (Å²) in [4.78, 5) is 26.8. The lowest BCUT2D eigenvalue weighted by Gasteiger charge is -2.11. The summed E-state index contributed by atoms with van der Waals surface area (Å²) in [6.07, 6.45) is 1.50. The SMILES string of the molecule is O=C(O)CCNc1ncccc1NC(=O)c1ccccc1Cl. The lowest BCUT2D eigenvalue weighted by atomic mass is 10.2. The minimum atomic E-state index is -0.912. The zero-order chi connectivity index (χ0) is 15.9. The molecule has 1 amide bonds. The molecule has 0 saturated carbocycles. The van der Waals surface area contributed by atoms with Crippen molar-refractivity contribution in [3.05, 3.63) is 53.2 Å². The number of carboxylic acid groups (broad SMARTS) is 1. The first-order valence-electron chi connectivity index (χ1n) is 6.54. The number of carbonyl (C=O) groups is 2. The fraction of sp³-hybridized carbons (Fsp3) is 0.133. The highest BCUT2D eigenvalue weighted by Crippen LogP contribution is 2.21. The predicted molar refractivity (Wildman–Crippen MR) is 84.4 cm³/mol. The molecule has 0 atom stereocenters. The summed E-state index contributed by atoms with van der Waals surface area (Å²) in [5, 5.41) is 14.6. The van der Waals surface area contributed by atoms with Crippen LogP contribution in [0.4, 0.5) is 11.5 Å². The zero-order valence-corrected chi connectivity index (χ0v) is 12.3. The summed E-state index contributed by atoms with van der Waals surface area (Å²) in [7, 11) is 0. The number of halogens is 1. The average Bonchev–Trinajstić information content (AvgIpc) is 2.49. The Morgan fingerprint density at radius 3 is 2.68 bits per heavy atom. The molecular weight excluding hydrogens is 306 g/mol. The van der Waals surface area contributed by atoms with Crippen LogP contribution in [0.15, 0.2) is 42.6 Å². The van der Waals surface area contributed by atoms with Gasteiger partial charge in [-0.1, -0.05) is 23.7 Å². The summed E-state index contributed by atoms with van der Waals surface area (Å²) in [5.41, 5.74) is 0.808. The maximum absolute atomic E-state index is 12.2. The number of hydrogen-bond acceptors (Lipinski definition) is 4. The summed E-state index contributed by atoms with van der Waals surface area (Å²) in [6.45, 7) is 0.210. The Hall–Kier alpha value is -2.60. The van der Waals surface area contributed by atoms with Gasteiger partial charge in [0, 0.05) is 12.7 Å². The average molecular weight is 320 g/mol. The molecule has 0 saturated heterocycles. The van der Waals surface area contributed by atoms with E-state index in [1.165, 1.54) is 0 Å². The molecule has 0 bridgehead atoms.